The monoisotopic (exact) mass is 462 g/mol. The van der Waals surface area contributed by atoms with Crippen LogP contribution in [0.1, 0.15) is 43.2 Å². The van der Waals surface area contributed by atoms with Crippen molar-refractivity contribution in [3.8, 4) is 6.07 Å². The number of thiophene rings is 1. The average Bonchev–Trinajstić information content (AvgIpc) is 2.96. The number of amides is 1. The molecule has 27 heavy (non-hydrogen) atoms. The van der Waals surface area contributed by atoms with E-state index in [0.717, 1.165) is 39.2 Å². The predicted octanol–water partition coefficient (Wildman–Crippen LogP) is 6.26. The molecule has 0 saturated carbocycles. The number of hydrogen-bond donors (Lipinski definition) is 1. The van der Waals surface area contributed by atoms with Crippen molar-refractivity contribution in [2.45, 2.75) is 44.9 Å². The number of hydrogen-bond acceptors (Lipinski definition) is 4. The minimum absolute atomic E-state index is 0.0645. The lowest BCUT2D eigenvalue weighted by molar-refractivity contribution is -0.113. The number of halogens is 1. The molecule has 0 radical (unpaired) electrons. The van der Waals surface area contributed by atoms with Crippen molar-refractivity contribution in [3.05, 3.63) is 44.7 Å². The Bertz CT molecular complexity index is 875. The van der Waals surface area contributed by atoms with E-state index < -0.39 is 0 Å². The van der Waals surface area contributed by atoms with Gasteiger partial charge in [0.1, 0.15) is 11.1 Å². The van der Waals surface area contributed by atoms with Gasteiger partial charge in [0.2, 0.25) is 5.91 Å². The van der Waals surface area contributed by atoms with E-state index in [2.05, 4.69) is 48.1 Å². The molecule has 1 aromatic heterocycles. The summed E-state index contributed by atoms with van der Waals surface area (Å²) in [4.78, 5) is 14.7. The van der Waals surface area contributed by atoms with Gasteiger partial charge >= 0.3 is 0 Å². The summed E-state index contributed by atoms with van der Waals surface area (Å²) in [5.41, 5.74) is 2.09. The molecule has 0 fully saturated rings. The van der Waals surface area contributed by atoms with Crippen LogP contribution in [-0.4, -0.2) is 11.7 Å². The SMILES string of the molecule is CC(C)(C)C1CCc2c(sc(NC(=O)CSc3ccc(Br)cc3)c2C#N)C1. The quantitative estimate of drug-likeness (QED) is 0.544. The molecule has 0 bridgehead atoms. The van der Waals surface area contributed by atoms with Crippen LogP contribution in [0, 0.1) is 22.7 Å². The Morgan fingerprint density at radius 2 is 2.07 bits per heavy atom. The Labute approximate surface area is 177 Å². The van der Waals surface area contributed by atoms with Crippen molar-refractivity contribution in [2.75, 3.05) is 11.1 Å². The summed E-state index contributed by atoms with van der Waals surface area (Å²) in [6.45, 7) is 6.84. The minimum Gasteiger partial charge on any atom is -0.316 e. The lowest BCUT2D eigenvalue weighted by Crippen LogP contribution is -2.26. The standard InChI is InChI=1S/C21H23BrN2OS2/c1-21(2,3)13-4-9-16-17(11-23)20(27-18(16)10-13)24-19(25)12-26-15-7-5-14(22)6-8-15/h5-8,13H,4,9-10,12H2,1-3H3,(H,24,25). The van der Waals surface area contributed by atoms with Crippen molar-refractivity contribution in [1.29, 1.82) is 5.26 Å². The number of nitrogens with zero attached hydrogens (tertiary/aromatic N) is 1. The van der Waals surface area contributed by atoms with Gasteiger partial charge in [-0.15, -0.1) is 23.1 Å². The van der Waals surface area contributed by atoms with Crippen LogP contribution in [0.25, 0.3) is 0 Å². The van der Waals surface area contributed by atoms with Gasteiger partial charge in [-0.3, -0.25) is 4.79 Å². The average molecular weight is 463 g/mol. The van der Waals surface area contributed by atoms with E-state index in [4.69, 9.17) is 0 Å². The molecule has 1 N–H and O–H groups in total. The second kappa shape index (κ2) is 8.38. The smallest absolute Gasteiger partial charge is 0.235 e. The van der Waals surface area contributed by atoms with E-state index in [1.807, 2.05) is 24.3 Å². The molecule has 1 aliphatic carbocycles. The first-order valence-electron chi connectivity index (χ1n) is 9.00. The topological polar surface area (TPSA) is 52.9 Å². The molecule has 1 aliphatic rings. The molecule has 1 amide bonds. The predicted molar refractivity (Wildman–Crippen MR) is 117 cm³/mol. The van der Waals surface area contributed by atoms with Crippen LogP contribution in [0.5, 0.6) is 0 Å². The van der Waals surface area contributed by atoms with Gasteiger partial charge in [-0.25, -0.2) is 0 Å². The molecule has 1 atom stereocenters. The zero-order valence-electron chi connectivity index (χ0n) is 15.8. The summed E-state index contributed by atoms with van der Waals surface area (Å²) < 4.78 is 1.02. The molecular formula is C21H23BrN2OS2. The van der Waals surface area contributed by atoms with Gasteiger partial charge in [0.15, 0.2) is 0 Å². The maximum absolute atomic E-state index is 12.4. The van der Waals surface area contributed by atoms with Crippen LogP contribution in [-0.2, 0) is 17.6 Å². The van der Waals surface area contributed by atoms with Crippen molar-refractivity contribution in [2.24, 2.45) is 11.3 Å². The molecule has 3 nitrogen and oxygen atoms in total. The van der Waals surface area contributed by atoms with Gasteiger partial charge in [-0.05, 0) is 60.4 Å². The van der Waals surface area contributed by atoms with Crippen LogP contribution in [0.3, 0.4) is 0 Å². The van der Waals surface area contributed by atoms with E-state index in [1.54, 1.807) is 11.3 Å². The third-order valence-electron chi connectivity index (χ3n) is 5.04. The fraction of sp³-hybridized carbons (Fsp3) is 0.429. The molecule has 0 spiro atoms. The van der Waals surface area contributed by atoms with Crippen LogP contribution in [0.15, 0.2) is 33.6 Å². The highest BCUT2D eigenvalue weighted by Gasteiger charge is 2.32. The Kier molecular flexibility index (Phi) is 6.35. The third kappa shape index (κ3) is 4.96. The van der Waals surface area contributed by atoms with Crippen LogP contribution >= 0.6 is 39.0 Å². The van der Waals surface area contributed by atoms with E-state index in [0.29, 0.717) is 17.2 Å². The summed E-state index contributed by atoms with van der Waals surface area (Å²) in [6, 6.07) is 10.2. The molecule has 0 aliphatic heterocycles. The van der Waals surface area contributed by atoms with Crippen LogP contribution in [0.4, 0.5) is 5.00 Å². The first-order valence-corrected chi connectivity index (χ1v) is 11.6. The third-order valence-corrected chi connectivity index (χ3v) is 7.75. The van der Waals surface area contributed by atoms with Crippen molar-refractivity contribution < 1.29 is 4.79 Å². The molecule has 3 rings (SSSR count). The van der Waals surface area contributed by atoms with Gasteiger partial charge in [0.25, 0.3) is 0 Å². The van der Waals surface area contributed by atoms with Gasteiger partial charge < -0.3 is 5.32 Å². The van der Waals surface area contributed by atoms with Crippen molar-refractivity contribution >= 4 is 49.9 Å². The summed E-state index contributed by atoms with van der Waals surface area (Å²) in [5, 5.41) is 13.3. The van der Waals surface area contributed by atoms with Gasteiger partial charge in [-0.1, -0.05) is 36.7 Å². The van der Waals surface area contributed by atoms with Crippen LogP contribution < -0.4 is 5.32 Å². The lowest BCUT2D eigenvalue weighted by Gasteiger charge is -2.33. The number of benzene rings is 1. The van der Waals surface area contributed by atoms with E-state index in [9.17, 15) is 10.1 Å². The largest absolute Gasteiger partial charge is 0.316 e. The molecule has 6 heteroatoms. The number of nitriles is 1. The maximum atomic E-state index is 12.4. The summed E-state index contributed by atoms with van der Waals surface area (Å²) >= 11 is 6.50. The summed E-state index contributed by atoms with van der Waals surface area (Å²) in [5.74, 6) is 0.886. The van der Waals surface area contributed by atoms with Crippen LogP contribution in [0.2, 0.25) is 0 Å². The fourth-order valence-corrected chi connectivity index (χ4v) is 5.63. The highest BCUT2D eigenvalue weighted by atomic mass is 79.9. The Hall–Kier alpha value is -1.29. The Balaban J connectivity index is 1.68. The number of anilines is 1. The number of carbonyl (C=O) groups is 1. The van der Waals surface area contributed by atoms with Gasteiger partial charge in [0.05, 0.1) is 11.3 Å². The van der Waals surface area contributed by atoms with E-state index in [-0.39, 0.29) is 11.3 Å². The van der Waals surface area contributed by atoms with Gasteiger partial charge in [0, 0.05) is 14.2 Å². The Morgan fingerprint density at radius 3 is 2.70 bits per heavy atom. The lowest BCUT2D eigenvalue weighted by atomic mass is 9.72. The number of thioether (sulfide) groups is 1. The van der Waals surface area contributed by atoms with Crippen molar-refractivity contribution in [3.63, 3.8) is 0 Å². The zero-order valence-corrected chi connectivity index (χ0v) is 19.0. The first kappa shape index (κ1) is 20.4. The molecule has 142 valence electrons. The van der Waals surface area contributed by atoms with E-state index in [1.165, 1.54) is 16.6 Å². The highest BCUT2D eigenvalue weighted by Crippen LogP contribution is 2.44. The maximum Gasteiger partial charge on any atom is 0.235 e. The molecule has 1 heterocycles. The van der Waals surface area contributed by atoms with E-state index >= 15 is 0 Å². The normalized spacial score (nSPS) is 16.5. The number of fused-ring (bicyclic) bond motifs is 1. The van der Waals surface area contributed by atoms with Gasteiger partial charge in [-0.2, -0.15) is 5.26 Å². The zero-order chi connectivity index (χ0) is 19.6. The number of nitrogens with one attached hydrogen (secondary N) is 1. The Morgan fingerprint density at radius 1 is 1.37 bits per heavy atom. The van der Waals surface area contributed by atoms with Crippen molar-refractivity contribution in [1.82, 2.24) is 0 Å². The summed E-state index contributed by atoms with van der Waals surface area (Å²) in [6.07, 6.45) is 3.04. The molecule has 1 unspecified atom stereocenters. The second-order valence-corrected chi connectivity index (χ2v) is 11.0. The summed E-state index contributed by atoms with van der Waals surface area (Å²) in [7, 11) is 0. The number of rotatable bonds is 4. The second-order valence-electron chi connectivity index (χ2n) is 7.92. The minimum atomic E-state index is -0.0645. The molecule has 0 saturated heterocycles. The molecule has 2 aromatic rings. The fourth-order valence-electron chi connectivity index (χ4n) is 3.37. The molecular weight excluding hydrogens is 440 g/mol. The number of carbonyl (C=O) groups excluding carboxylic acids is 1. The first-order chi connectivity index (χ1) is 12.8. The molecule has 1 aromatic carbocycles. The highest BCUT2D eigenvalue weighted by molar-refractivity contribution is 9.10.